The minimum absolute atomic E-state index is 0.393. The number of imidazole rings is 1. The summed E-state index contributed by atoms with van der Waals surface area (Å²) in [7, 11) is 0. The van der Waals surface area contributed by atoms with Crippen LogP contribution < -0.4 is 5.32 Å². The molecule has 0 atom stereocenters. The first-order valence-electron chi connectivity index (χ1n) is 8.27. The van der Waals surface area contributed by atoms with Crippen molar-refractivity contribution in [1.29, 1.82) is 0 Å². The Balaban J connectivity index is 1.84. The highest BCUT2D eigenvalue weighted by atomic mass is 35.5. The lowest BCUT2D eigenvalue weighted by atomic mass is 10.2. The average molecular weight is 334 g/mol. The summed E-state index contributed by atoms with van der Waals surface area (Å²) in [5.41, 5.74) is 3.27. The van der Waals surface area contributed by atoms with Crippen LogP contribution >= 0.6 is 11.6 Å². The molecule has 0 radical (unpaired) electrons. The number of hydrogen-bond acceptors (Lipinski definition) is 4. The van der Waals surface area contributed by atoms with Crippen LogP contribution in [-0.4, -0.2) is 27.7 Å². The molecule has 1 amide bonds. The maximum atomic E-state index is 11.7. The van der Waals surface area contributed by atoms with Crippen LogP contribution in [0.5, 0.6) is 0 Å². The third kappa shape index (κ3) is 3.27. The van der Waals surface area contributed by atoms with E-state index < -0.39 is 19.6 Å². The molecule has 0 saturated carbocycles. The number of fused-ring (bicyclic) bond motifs is 1. The molecule has 23 heavy (non-hydrogen) atoms. The second kappa shape index (κ2) is 6.26. The summed E-state index contributed by atoms with van der Waals surface area (Å²) in [4.78, 5) is 23.5. The van der Waals surface area contributed by atoms with Gasteiger partial charge >= 0.3 is 6.09 Å². The van der Waals surface area contributed by atoms with Crippen molar-refractivity contribution in [2.75, 3.05) is 11.9 Å². The van der Waals surface area contributed by atoms with Crippen LogP contribution in [0, 0.1) is 6.92 Å². The Morgan fingerprint density at radius 2 is 2.35 bits per heavy atom. The number of pyridine rings is 1. The highest BCUT2D eigenvalue weighted by Gasteiger charge is 2.12. The number of carbonyl (C=O) groups excluding carboxylic acids is 1. The number of H-pyrrole nitrogens is 1. The van der Waals surface area contributed by atoms with E-state index in [1.807, 2.05) is 13.0 Å². The molecule has 2 aromatic heterocycles. The van der Waals surface area contributed by atoms with Crippen molar-refractivity contribution >= 4 is 34.5 Å². The summed E-state index contributed by atoms with van der Waals surface area (Å²) < 4.78 is 25.8. The normalized spacial score (nSPS) is 13.2. The molecule has 3 aromatic rings. The molecule has 118 valence electrons. The molecule has 3 rings (SSSR count). The van der Waals surface area contributed by atoms with Gasteiger partial charge in [0.2, 0.25) is 0 Å². The van der Waals surface area contributed by atoms with E-state index in [2.05, 4.69) is 25.0 Å². The van der Waals surface area contributed by atoms with E-state index in [0.717, 1.165) is 11.1 Å². The largest absolute Gasteiger partial charge is 0.450 e. The van der Waals surface area contributed by atoms with Crippen LogP contribution in [0.4, 0.5) is 10.5 Å². The minimum atomic E-state index is -2.35. The molecule has 1 aromatic carbocycles. The van der Waals surface area contributed by atoms with Gasteiger partial charge in [0.1, 0.15) is 5.82 Å². The topological polar surface area (TPSA) is 79.9 Å². The molecule has 0 bridgehead atoms. The molecular weight excluding hydrogens is 316 g/mol. The van der Waals surface area contributed by atoms with E-state index in [4.69, 9.17) is 15.7 Å². The van der Waals surface area contributed by atoms with Gasteiger partial charge in [-0.25, -0.2) is 14.8 Å². The van der Waals surface area contributed by atoms with Gasteiger partial charge in [0.05, 0.1) is 17.1 Å². The van der Waals surface area contributed by atoms with Gasteiger partial charge in [-0.3, -0.25) is 5.32 Å². The Hall–Kier alpha value is -2.60. The van der Waals surface area contributed by atoms with Crippen molar-refractivity contribution < 1.29 is 13.6 Å². The first-order valence-corrected chi connectivity index (χ1v) is 7.15. The fourth-order valence-corrected chi connectivity index (χ4v) is 2.34. The lowest BCUT2D eigenvalue weighted by Crippen LogP contribution is -2.13. The quantitative estimate of drug-likeness (QED) is 0.754. The number of ether oxygens (including phenoxy) is 1. The lowest BCUT2D eigenvalue weighted by Gasteiger charge is -2.07. The molecule has 0 aliphatic carbocycles. The number of nitrogens with one attached hydrogen (secondary N) is 2. The Kier molecular flexibility index (Phi) is 3.24. The van der Waals surface area contributed by atoms with Gasteiger partial charge in [0.15, 0.2) is 5.65 Å². The molecule has 6 nitrogen and oxygen atoms in total. The summed E-state index contributed by atoms with van der Waals surface area (Å²) in [6.45, 7) is -1.09. The van der Waals surface area contributed by atoms with E-state index in [1.54, 1.807) is 24.4 Å². The van der Waals surface area contributed by atoms with Crippen molar-refractivity contribution in [1.82, 2.24) is 15.0 Å². The molecule has 0 aliphatic heterocycles. The highest BCUT2D eigenvalue weighted by Crippen LogP contribution is 2.30. The molecule has 0 spiro atoms. The summed E-state index contributed by atoms with van der Waals surface area (Å²) in [5.74, 6) is 0.502. The van der Waals surface area contributed by atoms with Gasteiger partial charge in [-0.15, -0.1) is 0 Å². The highest BCUT2D eigenvalue weighted by molar-refractivity contribution is 6.33. The summed E-state index contributed by atoms with van der Waals surface area (Å²) in [5, 5.41) is 2.90. The standard InChI is InChI=1S/C16H15ClN4O2/c1-3-23-16(22)19-10-4-5-12(17)11(7-10)14-20-13-6-9(2)8-18-15(13)21-14/h4-8H,3H2,1-2H3,(H,19,22)(H,18,20,21)/i1D3. The van der Waals surface area contributed by atoms with E-state index >= 15 is 0 Å². The number of anilines is 1. The van der Waals surface area contributed by atoms with Gasteiger partial charge in [0.25, 0.3) is 0 Å². The summed E-state index contributed by atoms with van der Waals surface area (Å²) in [6, 6.07) is 6.71. The molecule has 0 aliphatic rings. The second-order valence-corrected chi connectivity index (χ2v) is 5.27. The molecule has 0 unspecified atom stereocenters. The number of aryl methyl sites for hydroxylation is 1. The maximum absolute atomic E-state index is 11.7. The first-order chi connectivity index (χ1) is 12.2. The zero-order valence-corrected chi connectivity index (χ0v) is 12.9. The SMILES string of the molecule is [2H]C([2H])([2H])COC(=O)Nc1ccc(Cl)c(-c2nc3ncc(C)cc3[nH]2)c1. The molecule has 0 fully saturated rings. The van der Waals surface area contributed by atoms with Gasteiger partial charge in [0, 0.05) is 21.6 Å². The zero-order chi connectivity index (χ0) is 18.9. The van der Waals surface area contributed by atoms with E-state index in [0.29, 0.717) is 27.7 Å². The Bertz CT molecular complexity index is 972. The van der Waals surface area contributed by atoms with Crippen molar-refractivity contribution in [3.05, 3.63) is 41.0 Å². The van der Waals surface area contributed by atoms with Gasteiger partial charge in [-0.1, -0.05) is 11.6 Å². The fourth-order valence-electron chi connectivity index (χ4n) is 2.14. The third-order valence-electron chi connectivity index (χ3n) is 3.15. The van der Waals surface area contributed by atoms with Crippen LogP contribution in [-0.2, 0) is 4.74 Å². The summed E-state index contributed by atoms with van der Waals surface area (Å²) in [6.07, 6.45) is 0.851. The smallest absolute Gasteiger partial charge is 0.411 e. The number of aromatic nitrogens is 3. The second-order valence-electron chi connectivity index (χ2n) is 4.87. The number of rotatable bonds is 3. The van der Waals surface area contributed by atoms with Gasteiger partial charge < -0.3 is 9.72 Å². The maximum Gasteiger partial charge on any atom is 0.411 e. The van der Waals surface area contributed by atoms with Gasteiger partial charge in [-0.05, 0) is 43.6 Å². The van der Waals surface area contributed by atoms with Gasteiger partial charge in [-0.2, -0.15) is 0 Å². The van der Waals surface area contributed by atoms with Crippen LogP contribution in [0.3, 0.4) is 0 Å². The molecule has 7 heteroatoms. The van der Waals surface area contributed by atoms with Crippen molar-refractivity contribution in [3.63, 3.8) is 0 Å². The van der Waals surface area contributed by atoms with Crippen molar-refractivity contribution in [2.24, 2.45) is 0 Å². The third-order valence-corrected chi connectivity index (χ3v) is 3.47. The molecular formula is C16H15ClN4O2. The monoisotopic (exact) mass is 333 g/mol. The molecule has 2 heterocycles. The number of halogens is 1. The lowest BCUT2D eigenvalue weighted by molar-refractivity contribution is 0.168. The first kappa shape index (κ1) is 11.9. The number of carbonyl (C=O) groups is 1. The van der Waals surface area contributed by atoms with Crippen molar-refractivity contribution in [3.8, 4) is 11.4 Å². The number of amides is 1. The minimum Gasteiger partial charge on any atom is -0.450 e. The number of nitrogens with zero attached hydrogens (tertiary/aromatic N) is 2. The fraction of sp³-hybridized carbons (Fsp3) is 0.188. The van der Waals surface area contributed by atoms with E-state index in [1.165, 1.54) is 0 Å². The van der Waals surface area contributed by atoms with Crippen LogP contribution in [0.1, 0.15) is 16.5 Å². The zero-order valence-electron chi connectivity index (χ0n) is 15.2. The number of aromatic amines is 1. The van der Waals surface area contributed by atoms with Crippen LogP contribution in [0.25, 0.3) is 22.6 Å². The van der Waals surface area contributed by atoms with Crippen LogP contribution in [0.15, 0.2) is 30.5 Å². The average Bonchev–Trinajstić information content (AvgIpc) is 2.97. The molecule has 0 saturated heterocycles. The Morgan fingerprint density at radius 1 is 1.48 bits per heavy atom. The van der Waals surface area contributed by atoms with Crippen molar-refractivity contribution in [2.45, 2.75) is 13.8 Å². The van der Waals surface area contributed by atoms with E-state index in [9.17, 15) is 4.79 Å². The van der Waals surface area contributed by atoms with E-state index in [-0.39, 0.29) is 0 Å². The number of benzene rings is 1. The predicted octanol–water partition coefficient (Wildman–Crippen LogP) is 4.16. The molecule has 2 N–H and O–H groups in total. The Labute approximate surface area is 142 Å². The Morgan fingerprint density at radius 3 is 3.17 bits per heavy atom. The summed E-state index contributed by atoms with van der Waals surface area (Å²) >= 11 is 6.25. The van der Waals surface area contributed by atoms with Crippen LogP contribution in [0.2, 0.25) is 5.02 Å². The number of hydrogen-bond donors (Lipinski definition) is 2. The predicted molar refractivity (Wildman–Crippen MR) is 89.7 cm³/mol.